The van der Waals surface area contributed by atoms with Gasteiger partial charge in [0.05, 0.1) is 13.2 Å². The van der Waals surface area contributed by atoms with Crippen LogP contribution >= 0.6 is 0 Å². The van der Waals surface area contributed by atoms with Crippen molar-refractivity contribution in [3.63, 3.8) is 0 Å². The van der Waals surface area contributed by atoms with Crippen molar-refractivity contribution in [2.45, 2.75) is 52.6 Å². The van der Waals surface area contributed by atoms with Gasteiger partial charge in [0.2, 0.25) is 11.8 Å². The molecule has 1 heterocycles. The zero-order valence-corrected chi connectivity index (χ0v) is 11.2. The molecule has 0 saturated carbocycles. The summed E-state index contributed by atoms with van der Waals surface area (Å²) < 4.78 is 10.9. The Morgan fingerprint density at radius 1 is 1.18 bits per heavy atom. The Labute approximate surface area is 103 Å². The van der Waals surface area contributed by atoms with Crippen molar-refractivity contribution in [1.82, 2.24) is 15.5 Å². The summed E-state index contributed by atoms with van der Waals surface area (Å²) in [6.07, 6.45) is 1.72. The molecule has 0 amide bonds. The summed E-state index contributed by atoms with van der Waals surface area (Å²) >= 11 is 0. The van der Waals surface area contributed by atoms with Gasteiger partial charge in [-0.2, -0.15) is 0 Å². The maximum Gasteiger partial charge on any atom is 0.230 e. The van der Waals surface area contributed by atoms with E-state index in [-0.39, 0.29) is 5.54 Å². The Balaban J connectivity index is 2.28. The molecule has 1 aromatic heterocycles. The van der Waals surface area contributed by atoms with E-state index in [0.29, 0.717) is 31.4 Å². The largest absolute Gasteiger partial charge is 0.424 e. The van der Waals surface area contributed by atoms with E-state index >= 15 is 0 Å². The maximum absolute atomic E-state index is 5.49. The summed E-state index contributed by atoms with van der Waals surface area (Å²) in [4.78, 5) is 0. The van der Waals surface area contributed by atoms with Crippen LogP contribution in [-0.4, -0.2) is 29.0 Å². The van der Waals surface area contributed by atoms with Gasteiger partial charge in [0.15, 0.2) is 0 Å². The van der Waals surface area contributed by atoms with Crippen LogP contribution in [-0.2, 0) is 17.7 Å². The Bertz CT molecular complexity index is 318. The molecule has 5 nitrogen and oxygen atoms in total. The van der Waals surface area contributed by atoms with Gasteiger partial charge in [0, 0.05) is 18.6 Å². The predicted molar refractivity (Wildman–Crippen MR) is 65.7 cm³/mol. The standard InChI is InChI=1S/C12H23N3O2/c1-5-7-16-8-6-10-14-15-11(17-10)9-13-12(2,3)4/h13H,5-9H2,1-4H3. The van der Waals surface area contributed by atoms with Gasteiger partial charge in [-0.3, -0.25) is 0 Å². The second kappa shape index (κ2) is 6.71. The first-order chi connectivity index (χ1) is 8.01. The minimum Gasteiger partial charge on any atom is -0.424 e. The predicted octanol–water partition coefficient (Wildman–Crippen LogP) is 1.93. The molecule has 0 spiro atoms. The van der Waals surface area contributed by atoms with Gasteiger partial charge in [-0.25, -0.2) is 0 Å². The fourth-order valence-electron chi connectivity index (χ4n) is 1.21. The average molecular weight is 241 g/mol. The van der Waals surface area contributed by atoms with Crippen LogP contribution in [0.5, 0.6) is 0 Å². The highest BCUT2D eigenvalue weighted by molar-refractivity contribution is 4.83. The lowest BCUT2D eigenvalue weighted by Crippen LogP contribution is -2.35. The Hall–Kier alpha value is -0.940. The lowest BCUT2D eigenvalue weighted by molar-refractivity contribution is 0.133. The molecular formula is C12H23N3O2. The first kappa shape index (κ1) is 14.1. The van der Waals surface area contributed by atoms with E-state index in [1.807, 2.05) is 0 Å². The fourth-order valence-corrected chi connectivity index (χ4v) is 1.21. The number of rotatable bonds is 7. The smallest absolute Gasteiger partial charge is 0.230 e. The van der Waals surface area contributed by atoms with Gasteiger partial charge in [0.1, 0.15) is 0 Å². The van der Waals surface area contributed by atoms with Crippen molar-refractivity contribution in [3.05, 3.63) is 11.8 Å². The Morgan fingerprint density at radius 2 is 1.88 bits per heavy atom. The molecule has 98 valence electrons. The number of aromatic nitrogens is 2. The monoisotopic (exact) mass is 241 g/mol. The minimum atomic E-state index is 0.0544. The highest BCUT2D eigenvalue weighted by Gasteiger charge is 2.11. The maximum atomic E-state index is 5.49. The van der Waals surface area contributed by atoms with Crippen LogP contribution in [0.2, 0.25) is 0 Å². The van der Waals surface area contributed by atoms with Crippen LogP contribution in [0.15, 0.2) is 4.42 Å². The molecule has 0 atom stereocenters. The molecule has 5 heteroatoms. The second-order valence-corrected chi connectivity index (χ2v) is 5.06. The van der Waals surface area contributed by atoms with Gasteiger partial charge in [-0.05, 0) is 27.2 Å². The van der Waals surface area contributed by atoms with Gasteiger partial charge in [-0.15, -0.1) is 10.2 Å². The van der Waals surface area contributed by atoms with Crippen molar-refractivity contribution in [1.29, 1.82) is 0 Å². The molecule has 0 aliphatic carbocycles. The first-order valence-corrected chi connectivity index (χ1v) is 6.15. The number of hydrogen-bond donors (Lipinski definition) is 1. The van der Waals surface area contributed by atoms with Crippen molar-refractivity contribution in [2.75, 3.05) is 13.2 Å². The summed E-state index contributed by atoms with van der Waals surface area (Å²) in [5.41, 5.74) is 0.0544. The first-order valence-electron chi connectivity index (χ1n) is 6.15. The highest BCUT2D eigenvalue weighted by atomic mass is 16.5. The molecule has 0 aliphatic rings. The molecule has 0 aromatic carbocycles. The second-order valence-electron chi connectivity index (χ2n) is 5.06. The minimum absolute atomic E-state index is 0.0544. The summed E-state index contributed by atoms with van der Waals surface area (Å²) in [5, 5.41) is 11.3. The number of hydrogen-bond acceptors (Lipinski definition) is 5. The molecule has 0 radical (unpaired) electrons. The average Bonchev–Trinajstić information content (AvgIpc) is 2.69. The Kier molecular flexibility index (Phi) is 5.58. The van der Waals surface area contributed by atoms with Gasteiger partial charge < -0.3 is 14.5 Å². The molecule has 0 bridgehead atoms. The lowest BCUT2D eigenvalue weighted by Gasteiger charge is -2.18. The zero-order valence-electron chi connectivity index (χ0n) is 11.2. The molecule has 0 fully saturated rings. The third kappa shape index (κ3) is 6.38. The van der Waals surface area contributed by atoms with Crippen molar-refractivity contribution < 1.29 is 9.15 Å². The molecule has 1 N–H and O–H groups in total. The number of nitrogens with zero attached hydrogens (tertiary/aromatic N) is 2. The van der Waals surface area contributed by atoms with Crippen LogP contribution < -0.4 is 5.32 Å². The topological polar surface area (TPSA) is 60.2 Å². The summed E-state index contributed by atoms with van der Waals surface area (Å²) in [5.74, 6) is 1.28. The van der Waals surface area contributed by atoms with Gasteiger partial charge in [-0.1, -0.05) is 6.92 Å². The zero-order chi connectivity index (χ0) is 12.7. The summed E-state index contributed by atoms with van der Waals surface area (Å²) in [6.45, 7) is 10.4. The van der Waals surface area contributed by atoms with E-state index in [9.17, 15) is 0 Å². The molecule has 0 unspecified atom stereocenters. The fraction of sp³-hybridized carbons (Fsp3) is 0.833. The van der Waals surface area contributed by atoms with Crippen LogP contribution in [0.4, 0.5) is 0 Å². The van der Waals surface area contributed by atoms with E-state index < -0.39 is 0 Å². The lowest BCUT2D eigenvalue weighted by atomic mass is 10.1. The molecule has 1 rings (SSSR count). The van der Waals surface area contributed by atoms with Crippen LogP contribution in [0, 0.1) is 0 Å². The van der Waals surface area contributed by atoms with E-state index in [1.165, 1.54) is 0 Å². The van der Waals surface area contributed by atoms with Crippen LogP contribution in [0.3, 0.4) is 0 Å². The summed E-state index contributed by atoms with van der Waals surface area (Å²) in [6, 6.07) is 0. The molecule has 17 heavy (non-hydrogen) atoms. The Morgan fingerprint density at radius 3 is 2.53 bits per heavy atom. The molecule has 0 saturated heterocycles. The SMILES string of the molecule is CCCOCCc1nnc(CNC(C)(C)C)o1. The van der Waals surface area contributed by atoms with E-state index in [0.717, 1.165) is 13.0 Å². The van der Waals surface area contributed by atoms with Crippen molar-refractivity contribution >= 4 is 0 Å². The summed E-state index contributed by atoms with van der Waals surface area (Å²) in [7, 11) is 0. The third-order valence-electron chi connectivity index (χ3n) is 2.09. The van der Waals surface area contributed by atoms with Crippen LogP contribution in [0.1, 0.15) is 45.9 Å². The normalized spacial score (nSPS) is 12.0. The third-order valence-corrected chi connectivity index (χ3v) is 2.09. The van der Waals surface area contributed by atoms with E-state index in [1.54, 1.807) is 0 Å². The molecule has 0 aliphatic heterocycles. The van der Waals surface area contributed by atoms with Gasteiger partial charge >= 0.3 is 0 Å². The number of nitrogens with one attached hydrogen (secondary N) is 1. The number of ether oxygens (including phenoxy) is 1. The molecule has 1 aromatic rings. The van der Waals surface area contributed by atoms with E-state index in [4.69, 9.17) is 9.15 Å². The van der Waals surface area contributed by atoms with E-state index in [2.05, 4.69) is 43.2 Å². The van der Waals surface area contributed by atoms with Crippen molar-refractivity contribution in [2.24, 2.45) is 0 Å². The molecular weight excluding hydrogens is 218 g/mol. The van der Waals surface area contributed by atoms with Crippen molar-refractivity contribution in [3.8, 4) is 0 Å². The van der Waals surface area contributed by atoms with Crippen LogP contribution in [0.25, 0.3) is 0 Å². The highest BCUT2D eigenvalue weighted by Crippen LogP contribution is 2.04. The van der Waals surface area contributed by atoms with Gasteiger partial charge in [0.25, 0.3) is 0 Å². The quantitative estimate of drug-likeness (QED) is 0.739.